The number of nitrogens with zero attached hydrogens (tertiary/aromatic N) is 3. The minimum Gasteiger partial charge on any atom is -0.418 e. The SMILES string of the molecule is CC(Nc1ccc(N2CCCCC2)cc1)c1nnc(-c2cccs2)o1. The van der Waals surface area contributed by atoms with Gasteiger partial charge in [-0.15, -0.1) is 21.5 Å². The summed E-state index contributed by atoms with van der Waals surface area (Å²) < 4.78 is 5.80. The second kappa shape index (κ2) is 7.27. The fourth-order valence-electron chi connectivity index (χ4n) is 3.14. The quantitative estimate of drug-likeness (QED) is 0.702. The molecule has 0 aliphatic carbocycles. The third kappa shape index (κ3) is 3.69. The average Bonchev–Trinajstić information content (AvgIpc) is 3.35. The van der Waals surface area contributed by atoms with E-state index >= 15 is 0 Å². The van der Waals surface area contributed by atoms with Crippen molar-refractivity contribution in [3.8, 4) is 10.8 Å². The summed E-state index contributed by atoms with van der Waals surface area (Å²) in [6.07, 6.45) is 3.94. The first-order valence-electron chi connectivity index (χ1n) is 8.78. The molecule has 1 saturated heterocycles. The van der Waals surface area contributed by atoms with Crippen molar-refractivity contribution in [1.29, 1.82) is 0 Å². The molecule has 6 heteroatoms. The van der Waals surface area contributed by atoms with Gasteiger partial charge in [0.1, 0.15) is 6.04 Å². The van der Waals surface area contributed by atoms with Gasteiger partial charge in [0.2, 0.25) is 5.89 Å². The lowest BCUT2D eigenvalue weighted by Crippen LogP contribution is -2.29. The number of thiophene rings is 1. The molecule has 4 rings (SSSR count). The third-order valence-electron chi connectivity index (χ3n) is 4.51. The molecule has 0 saturated carbocycles. The number of aromatic nitrogens is 2. The number of anilines is 2. The number of hydrogen-bond acceptors (Lipinski definition) is 6. The van der Waals surface area contributed by atoms with Crippen LogP contribution in [0.5, 0.6) is 0 Å². The summed E-state index contributed by atoms with van der Waals surface area (Å²) in [5.41, 5.74) is 2.36. The predicted molar refractivity (Wildman–Crippen MR) is 102 cm³/mol. The molecule has 1 aliphatic rings. The maximum absolute atomic E-state index is 5.80. The highest BCUT2D eigenvalue weighted by molar-refractivity contribution is 7.13. The van der Waals surface area contributed by atoms with Crippen molar-refractivity contribution < 1.29 is 4.42 Å². The molecule has 1 aliphatic heterocycles. The first-order chi connectivity index (χ1) is 12.3. The summed E-state index contributed by atoms with van der Waals surface area (Å²) in [6.45, 7) is 4.36. The van der Waals surface area contributed by atoms with E-state index in [0.717, 1.165) is 23.7 Å². The summed E-state index contributed by atoms with van der Waals surface area (Å²) in [4.78, 5) is 3.46. The predicted octanol–water partition coefficient (Wildman–Crippen LogP) is 4.96. The van der Waals surface area contributed by atoms with Crippen LogP contribution in [0.4, 0.5) is 11.4 Å². The fraction of sp³-hybridized carbons (Fsp3) is 0.368. The first kappa shape index (κ1) is 16.1. The monoisotopic (exact) mass is 354 g/mol. The second-order valence-electron chi connectivity index (χ2n) is 6.38. The average molecular weight is 354 g/mol. The maximum atomic E-state index is 5.80. The van der Waals surface area contributed by atoms with Gasteiger partial charge in [0.25, 0.3) is 5.89 Å². The molecular formula is C19H22N4OS. The Kier molecular flexibility index (Phi) is 4.70. The van der Waals surface area contributed by atoms with E-state index in [4.69, 9.17) is 4.42 Å². The van der Waals surface area contributed by atoms with Gasteiger partial charge in [0, 0.05) is 24.5 Å². The zero-order chi connectivity index (χ0) is 17.1. The van der Waals surface area contributed by atoms with E-state index in [-0.39, 0.29) is 6.04 Å². The molecule has 1 fully saturated rings. The van der Waals surface area contributed by atoms with Gasteiger partial charge in [0.05, 0.1) is 4.88 Å². The number of hydrogen-bond donors (Lipinski definition) is 1. The van der Waals surface area contributed by atoms with Gasteiger partial charge in [-0.1, -0.05) is 6.07 Å². The molecule has 1 N–H and O–H groups in total. The van der Waals surface area contributed by atoms with Crippen LogP contribution < -0.4 is 10.2 Å². The molecule has 0 spiro atoms. The van der Waals surface area contributed by atoms with Crippen LogP contribution in [-0.2, 0) is 0 Å². The smallest absolute Gasteiger partial charge is 0.257 e. The van der Waals surface area contributed by atoms with Gasteiger partial charge >= 0.3 is 0 Å². The van der Waals surface area contributed by atoms with Crippen molar-refractivity contribution in [3.63, 3.8) is 0 Å². The van der Waals surface area contributed by atoms with Crippen LogP contribution in [-0.4, -0.2) is 23.3 Å². The van der Waals surface area contributed by atoms with Crippen LogP contribution in [0, 0.1) is 0 Å². The third-order valence-corrected chi connectivity index (χ3v) is 5.37. The summed E-state index contributed by atoms with van der Waals surface area (Å²) >= 11 is 1.60. The van der Waals surface area contributed by atoms with Crippen LogP contribution >= 0.6 is 11.3 Å². The van der Waals surface area contributed by atoms with Crippen LogP contribution in [0.3, 0.4) is 0 Å². The molecule has 1 unspecified atom stereocenters. The van der Waals surface area contributed by atoms with Gasteiger partial charge in [-0.3, -0.25) is 0 Å². The fourth-order valence-corrected chi connectivity index (χ4v) is 3.79. The Bertz CT molecular complexity index is 791. The van der Waals surface area contributed by atoms with Crippen molar-refractivity contribution in [2.45, 2.75) is 32.2 Å². The van der Waals surface area contributed by atoms with Crippen molar-refractivity contribution in [2.24, 2.45) is 0 Å². The second-order valence-corrected chi connectivity index (χ2v) is 7.33. The Morgan fingerprint density at radius 3 is 2.60 bits per heavy atom. The van der Waals surface area contributed by atoms with E-state index in [2.05, 4.69) is 44.7 Å². The maximum Gasteiger partial charge on any atom is 0.257 e. The Morgan fingerprint density at radius 2 is 1.88 bits per heavy atom. The summed E-state index contributed by atoms with van der Waals surface area (Å²) in [7, 11) is 0. The Balaban J connectivity index is 1.41. The molecule has 1 aromatic carbocycles. The van der Waals surface area contributed by atoms with Gasteiger partial charge in [-0.2, -0.15) is 0 Å². The standard InChI is InChI=1S/C19H22N4OS/c1-14(18-21-22-19(24-18)17-6-5-13-25-17)20-15-7-9-16(10-8-15)23-11-3-2-4-12-23/h5-10,13-14,20H,2-4,11-12H2,1H3. The zero-order valence-electron chi connectivity index (χ0n) is 14.3. The molecule has 5 nitrogen and oxygen atoms in total. The van der Waals surface area contributed by atoms with Gasteiger partial charge < -0.3 is 14.6 Å². The molecule has 25 heavy (non-hydrogen) atoms. The Hall–Kier alpha value is -2.34. The topological polar surface area (TPSA) is 54.2 Å². The van der Waals surface area contributed by atoms with Crippen molar-refractivity contribution in [1.82, 2.24) is 10.2 Å². The number of rotatable bonds is 5. The lowest BCUT2D eigenvalue weighted by Gasteiger charge is -2.29. The molecular weight excluding hydrogens is 332 g/mol. The van der Waals surface area contributed by atoms with Crippen molar-refractivity contribution >= 4 is 22.7 Å². The molecule has 3 heterocycles. The first-order valence-corrected chi connectivity index (χ1v) is 9.66. The minimum absolute atomic E-state index is 0.0398. The lowest BCUT2D eigenvalue weighted by atomic mass is 10.1. The zero-order valence-corrected chi connectivity index (χ0v) is 15.1. The van der Waals surface area contributed by atoms with E-state index < -0.39 is 0 Å². The summed E-state index contributed by atoms with van der Waals surface area (Å²) in [5.74, 6) is 1.18. The summed E-state index contributed by atoms with van der Waals surface area (Å²) in [6, 6.07) is 12.5. The van der Waals surface area contributed by atoms with Crippen LogP contribution in [0.1, 0.15) is 38.1 Å². The van der Waals surface area contributed by atoms with E-state index in [0.29, 0.717) is 11.8 Å². The molecule has 130 valence electrons. The highest BCUT2D eigenvalue weighted by Crippen LogP contribution is 2.27. The van der Waals surface area contributed by atoms with E-state index in [1.807, 2.05) is 24.4 Å². The highest BCUT2D eigenvalue weighted by atomic mass is 32.1. The normalized spacial score (nSPS) is 16.0. The van der Waals surface area contributed by atoms with Crippen LogP contribution in [0.15, 0.2) is 46.2 Å². The molecule has 0 amide bonds. The highest BCUT2D eigenvalue weighted by Gasteiger charge is 2.16. The Morgan fingerprint density at radius 1 is 1.08 bits per heavy atom. The molecule has 0 radical (unpaired) electrons. The van der Waals surface area contributed by atoms with Crippen LogP contribution in [0.2, 0.25) is 0 Å². The molecule has 0 bridgehead atoms. The van der Waals surface area contributed by atoms with Gasteiger partial charge in [-0.05, 0) is 61.9 Å². The Labute approximate surface area is 151 Å². The minimum atomic E-state index is -0.0398. The molecule has 1 atom stereocenters. The van der Waals surface area contributed by atoms with Crippen molar-refractivity contribution in [2.75, 3.05) is 23.3 Å². The molecule has 2 aromatic heterocycles. The van der Waals surface area contributed by atoms with E-state index in [1.165, 1.54) is 24.9 Å². The summed E-state index contributed by atoms with van der Waals surface area (Å²) in [5, 5.41) is 13.8. The van der Waals surface area contributed by atoms with E-state index in [9.17, 15) is 0 Å². The van der Waals surface area contributed by atoms with Gasteiger partial charge in [0.15, 0.2) is 0 Å². The number of piperidine rings is 1. The number of benzene rings is 1. The van der Waals surface area contributed by atoms with Gasteiger partial charge in [-0.25, -0.2) is 0 Å². The van der Waals surface area contributed by atoms with Crippen LogP contribution in [0.25, 0.3) is 10.8 Å². The van der Waals surface area contributed by atoms with Crippen molar-refractivity contribution in [3.05, 3.63) is 47.7 Å². The molecule has 3 aromatic rings. The van der Waals surface area contributed by atoms with E-state index in [1.54, 1.807) is 11.3 Å². The lowest BCUT2D eigenvalue weighted by molar-refractivity contribution is 0.486. The largest absolute Gasteiger partial charge is 0.418 e. The number of nitrogens with one attached hydrogen (secondary N) is 1.